The van der Waals surface area contributed by atoms with E-state index < -0.39 is 17.7 Å². The number of aliphatic hydroxyl groups excluding tert-OH is 1. The number of rotatable bonds is 4. The fourth-order valence-corrected chi connectivity index (χ4v) is 3.17. The molecule has 19 heavy (non-hydrogen) atoms. The molecule has 1 aliphatic rings. The Kier molecular flexibility index (Phi) is 4.92. The Morgan fingerprint density at radius 1 is 1.16 bits per heavy atom. The maximum atomic E-state index is 13.2. The number of aliphatic hydroxyl groups is 1. The van der Waals surface area contributed by atoms with Crippen molar-refractivity contribution in [1.82, 2.24) is 0 Å². The average Bonchev–Trinajstić information content (AvgIpc) is 2.42. The lowest BCUT2D eigenvalue weighted by Gasteiger charge is -2.31. The summed E-state index contributed by atoms with van der Waals surface area (Å²) in [6.07, 6.45) is 6.03. The molecule has 1 aliphatic carbocycles. The lowest BCUT2D eigenvalue weighted by atomic mass is 9.76. The molecule has 1 aromatic rings. The molecule has 1 fully saturated rings. The standard InChI is InChI=1S/C16H22F2O/c1-2-3-11-4-6-12(7-5-11)16(19)13-8-9-14(17)15(18)10-13/h8-12,16,19H,2-7H2,1H3. The SMILES string of the molecule is CCCC1CCC(C(O)c2ccc(F)c(F)c2)CC1. The maximum absolute atomic E-state index is 13.2. The average molecular weight is 268 g/mol. The van der Waals surface area contributed by atoms with Gasteiger partial charge in [-0.1, -0.05) is 38.7 Å². The maximum Gasteiger partial charge on any atom is 0.159 e. The zero-order chi connectivity index (χ0) is 13.8. The van der Waals surface area contributed by atoms with E-state index in [0.717, 1.165) is 43.7 Å². The van der Waals surface area contributed by atoms with Gasteiger partial charge in [0.1, 0.15) is 0 Å². The van der Waals surface area contributed by atoms with E-state index in [4.69, 9.17) is 0 Å². The van der Waals surface area contributed by atoms with Gasteiger partial charge in [-0.15, -0.1) is 0 Å². The van der Waals surface area contributed by atoms with E-state index in [2.05, 4.69) is 6.92 Å². The fraction of sp³-hybridized carbons (Fsp3) is 0.625. The van der Waals surface area contributed by atoms with Crippen molar-refractivity contribution in [3.63, 3.8) is 0 Å². The Labute approximate surface area is 113 Å². The van der Waals surface area contributed by atoms with Gasteiger partial charge in [-0.05, 0) is 42.4 Å². The van der Waals surface area contributed by atoms with Crippen molar-refractivity contribution in [3.05, 3.63) is 35.4 Å². The lowest BCUT2D eigenvalue weighted by Crippen LogP contribution is -2.20. The quantitative estimate of drug-likeness (QED) is 0.845. The van der Waals surface area contributed by atoms with Crippen LogP contribution in [0.4, 0.5) is 8.78 Å². The van der Waals surface area contributed by atoms with Crippen LogP contribution < -0.4 is 0 Å². The normalized spacial score (nSPS) is 25.3. The van der Waals surface area contributed by atoms with Crippen molar-refractivity contribution in [1.29, 1.82) is 0 Å². The van der Waals surface area contributed by atoms with Crippen LogP contribution in [0.15, 0.2) is 18.2 Å². The number of benzene rings is 1. The minimum Gasteiger partial charge on any atom is -0.388 e. The van der Waals surface area contributed by atoms with E-state index in [1.807, 2.05) is 0 Å². The van der Waals surface area contributed by atoms with Gasteiger partial charge in [0, 0.05) is 0 Å². The molecule has 1 aromatic carbocycles. The predicted molar refractivity (Wildman–Crippen MR) is 71.7 cm³/mol. The summed E-state index contributed by atoms with van der Waals surface area (Å²) in [5.74, 6) is -0.782. The van der Waals surface area contributed by atoms with Crippen LogP contribution in [0.2, 0.25) is 0 Å². The molecule has 0 heterocycles. The van der Waals surface area contributed by atoms with Gasteiger partial charge in [0.25, 0.3) is 0 Å². The molecule has 1 saturated carbocycles. The van der Waals surface area contributed by atoms with E-state index in [0.29, 0.717) is 5.56 Å². The van der Waals surface area contributed by atoms with Crippen molar-refractivity contribution in [2.75, 3.05) is 0 Å². The highest BCUT2D eigenvalue weighted by molar-refractivity contribution is 5.20. The molecule has 3 heteroatoms. The molecule has 1 N–H and O–H groups in total. The zero-order valence-electron chi connectivity index (χ0n) is 11.4. The Hall–Kier alpha value is -0.960. The Balaban J connectivity index is 1.97. The molecule has 1 nitrogen and oxygen atoms in total. The molecule has 0 aromatic heterocycles. The van der Waals surface area contributed by atoms with Crippen LogP contribution in [0.25, 0.3) is 0 Å². The second-order valence-corrected chi connectivity index (χ2v) is 5.69. The van der Waals surface area contributed by atoms with Gasteiger partial charge in [-0.25, -0.2) is 8.78 Å². The van der Waals surface area contributed by atoms with Gasteiger partial charge in [0.2, 0.25) is 0 Å². The monoisotopic (exact) mass is 268 g/mol. The van der Waals surface area contributed by atoms with Gasteiger partial charge < -0.3 is 5.11 Å². The third-order valence-electron chi connectivity index (χ3n) is 4.32. The molecular formula is C16H22F2O. The summed E-state index contributed by atoms with van der Waals surface area (Å²) in [7, 11) is 0. The number of hydrogen-bond acceptors (Lipinski definition) is 1. The van der Waals surface area contributed by atoms with Gasteiger partial charge in [-0.3, -0.25) is 0 Å². The minimum absolute atomic E-state index is 0.179. The summed E-state index contributed by atoms with van der Waals surface area (Å²) in [4.78, 5) is 0. The Morgan fingerprint density at radius 2 is 1.84 bits per heavy atom. The van der Waals surface area contributed by atoms with Crippen LogP contribution in [0.1, 0.15) is 57.1 Å². The van der Waals surface area contributed by atoms with Gasteiger partial charge in [-0.2, -0.15) is 0 Å². The van der Waals surface area contributed by atoms with Crippen molar-refractivity contribution in [3.8, 4) is 0 Å². The van der Waals surface area contributed by atoms with E-state index in [1.165, 1.54) is 18.9 Å². The minimum atomic E-state index is -0.879. The molecule has 0 saturated heterocycles. The highest BCUT2D eigenvalue weighted by Gasteiger charge is 2.27. The summed E-state index contributed by atoms with van der Waals surface area (Å²) in [5, 5.41) is 10.3. The highest BCUT2D eigenvalue weighted by atomic mass is 19.2. The van der Waals surface area contributed by atoms with Crippen LogP contribution in [-0.4, -0.2) is 5.11 Å². The van der Waals surface area contributed by atoms with Gasteiger partial charge in [0.15, 0.2) is 11.6 Å². The number of hydrogen-bond donors (Lipinski definition) is 1. The topological polar surface area (TPSA) is 20.2 Å². The van der Waals surface area contributed by atoms with Crippen molar-refractivity contribution in [2.45, 2.75) is 51.6 Å². The first kappa shape index (κ1) is 14.4. The van der Waals surface area contributed by atoms with E-state index in [-0.39, 0.29) is 5.92 Å². The second kappa shape index (κ2) is 6.47. The van der Waals surface area contributed by atoms with Gasteiger partial charge in [0.05, 0.1) is 6.10 Å². The Morgan fingerprint density at radius 3 is 2.42 bits per heavy atom. The van der Waals surface area contributed by atoms with Gasteiger partial charge >= 0.3 is 0 Å². The molecule has 0 aliphatic heterocycles. The second-order valence-electron chi connectivity index (χ2n) is 5.69. The highest BCUT2D eigenvalue weighted by Crippen LogP contribution is 2.38. The summed E-state index contributed by atoms with van der Waals surface area (Å²) in [6.45, 7) is 2.20. The van der Waals surface area contributed by atoms with Crippen molar-refractivity contribution < 1.29 is 13.9 Å². The van der Waals surface area contributed by atoms with Crippen LogP contribution in [-0.2, 0) is 0 Å². The first-order valence-electron chi connectivity index (χ1n) is 7.24. The summed E-state index contributed by atoms with van der Waals surface area (Å²) in [5.41, 5.74) is 0.498. The Bertz CT molecular complexity index is 411. The van der Waals surface area contributed by atoms with Crippen LogP contribution in [0.5, 0.6) is 0 Å². The fourth-order valence-electron chi connectivity index (χ4n) is 3.17. The molecular weight excluding hydrogens is 246 g/mol. The molecule has 1 atom stereocenters. The zero-order valence-corrected chi connectivity index (χ0v) is 11.4. The van der Waals surface area contributed by atoms with E-state index >= 15 is 0 Å². The van der Waals surface area contributed by atoms with Crippen LogP contribution in [0, 0.1) is 23.5 Å². The predicted octanol–water partition coefficient (Wildman–Crippen LogP) is 4.60. The number of halogens is 2. The smallest absolute Gasteiger partial charge is 0.159 e. The molecule has 0 bridgehead atoms. The molecule has 0 spiro atoms. The van der Waals surface area contributed by atoms with Crippen molar-refractivity contribution >= 4 is 0 Å². The third-order valence-corrected chi connectivity index (χ3v) is 4.32. The molecule has 1 unspecified atom stereocenters. The summed E-state index contributed by atoms with van der Waals surface area (Å²) < 4.78 is 26.1. The first-order chi connectivity index (χ1) is 9.11. The largest absolute Gasteiger partial charge is 0.388 e. The lowest BCUT2D eigenvalue weighted by molar-refractivity contribution is 0.0719. The van der Waals surface area contributed by atoms with E-state index in [9.17, 15) is 13.9 Å². The summed E-state index contributed by atoms with van der Waals surface area (Å²) >= 11 is 0. The molecule has 0 amide bonds. The third kappa shape index (κ3) is 3.53. The molecule has 106 valence electrons. The van der Waals surface area contributed by atoms with Crippen LogP contribution >= 0.6 is 0 Å². The van der Waals surface area contributed by atoms with Crippen molar-refractivity contribution in [2.24, 2.45) is 11.8 Å². The van der Waals surface area contributed by atoms with E-state index in [1.54, 1.807) is 0 Å². The summed E-state index contributed by atoms with van der Waals surface area (Å²) in [6, 6.07) is 3.70. The molecule has 0 radical (unpaired) electrons. The molecule has 2 rings (SSSR count). The van der Waals surface area contributed by atoms with Crippen LogP contribution in [0.3, 0.4) is 0 Å². The first-order valence-corrected chi connectivity index (χ1v) is 7.24.